The van der Waals surface area contributed by atoms with E-state index in [1.165, 1.54) is 44.3 Å². The molecule has 0 radical (unpaired) electrons. The predicted octanol–water partition coefficient (Wildman–Crippen LogP) is 13.5. The van der Waals surface area contributed by atoms with E-state index in [1.807, 2.05) is 24.3 Å². The van der Waals surface area contributed by atoms with E-state index in [-0.39, 0.29) is 0 Å². The van der Waals surface area contributed by atoms with Gasteiger partial charge >= 0.3 is 0 Å². The Kier molecular flexibility index (Phi) is 8.29. The maximum absolute atomic E-state index is 9.30. The van der Waals surface area contributed by atoms with Crippen molar-refractivity contribution in [3.63, 3.8) is 0 Å². The standard InChI is InChI=1S/C51H34N2/c52-35-36-16-18-39(19-17-36)42-28-31-47(32-29-42)53-49-33-30-46(43-22-20-40(21-23-43)37-10-4-1-5-11-37)34-48(49)50(51(53)45-14-8-3-9-15-45)44-26-24-41(25-27-44)38-12-6-2-7-13-38/h1-34H. The van der Waals surface area contributed by atoms with E-state index in [0.717, 1.165) is 39.2 Å². The Hall–Kier alpha value is -7.21. The van der Waals surface area contributed by atoms with Gasteiger partial charge in [0.25, 0.3) is 0 Å². The summed E-state index contributed by atoms with van der Waals surface area (Å²) in [6, 6.07) is 75.4. The van der Waals surface area contributed by atoms with E-state index < -0.39 is 0 Å². The second-order valence-corrected chi connectivity index (χ2v) is 13.3. The van der Waals surface area contributed by atoms with Crippen LogP contribution in [0.15, 0.2) is 206 Å². The molecule has 9 rings (SSSR count). The van der Waals surface area contributed by atoms with E-state index in [0.29, 0.717) is 5.56 Å². The molecule has 0 saturated carbocycles. The molecule has 1 aromatic heterocycles. The van der Waals surface area contributed by atoms with E-state index in [4.69, 9.17) is 0 Å². The molecule has 2 heteroatoms. The first-order valence-corrected chi connectivity index (χ1v) is 17.9. The average Bonchev–Trinajstić information content (AvgIpc) is 3.59. The predicted molar refractivity (Wildman–Crippen MR) is 221 cm³/mol. The number of benzene rings is 8. The lowest BCUT2D eigenvalue weighted by molar-refractivity contribution is 1.14. The number of nitriles is 1. The molecule has 0 aliphatic heterocycles. The Morgan fingerprint density at radius 3 is 1.21 bits per heavy atom. The van der Waals surface area contributed by atoms with Crippen LogP contribution in [0.3, 0.4) is 0 Å². The summed E-state index contributed by atoms with van der Waals surface area (Å²) < 4.78 is 2.41. The second-order valence-electron chi connectivity index (χ2n) is 13.3. The van der Waals surface area contributed by atoms with Gasteiger partial charge in [0.2, 0.25) is 0 Å². The Morgan fingerprint density at radius 1 is 0.340 bits per heavy atom. The van der Waals surface area contributed by atoms with Gasteiger partial charge in [0, 0.05) is 16.6 Å². The van der Waals surface area contributed by atoms with Gasteiger partial charge in [-0.05, 0) is 92.0 Å². The molecule has 0 aliphatic rings. The highest BCUT2D eigenvalue weighted by atomic mass is 15.0. The van der Waals surface area contributed by atoms with Crippen molar-refractivity contribution < 1.29 is 0 Å². The number of fused-ring (bicyclic) bond motifs is 1. The summed E-state index contributed by atoms with van der Waals surface area (Å²) in [5.41, 5.74) is 16.9. The van der Waals surface area contributed by atoms with Gasteiger partial charge in [-0.15, -0.1) is 0 Å². The fourth-order valence-electron chi connectivity index (χ4n) is 7.39. The van der Waals surface area contributed by atoms with Crippen molar-refractivity contribution in [3.05, 3.63) is 212 Å². The van der Waals surface area contributed by atoms with E-state index in [1.54, 1.807) is 0 Å². The summed E-state index contributed by atoms with van der Waals surface area (Å²) in [6.07, 6.45) is 0. The minimum atomic E-state index is 0.660. The summed E-state index contributed by atoms with van der Waals surface area (Å²) in [7, 11) is 0. The fraction of sp³-hybridized carbons (Fsp3) is 0. The zero-order valence-electron chi connectivity index (χ0n) is 29.0. The van der Waals surface area contributed by atoms with Crippen molar-refractivity contribution in [2.24, 2.45) is 0 Å². The molecule has 0 atom stereocenters. The van der Waals surface area contributed by atoms with Crippen molar-refractivity contribution in [2.45, 2.75) is 0 Å². The van der Waals surface area contributed by atoms with Crippen molar-refractivity contribution >= 4 is 10.9 Å². The largest absolute Gasteiger partial charge is 0.309 e. The minimum Gasteiger partial charge on any atom is -0.309 e. The van der Waals surface area contributed by atoms with E-state index >= 15 is 0 Å². The van der Waals surface area contributed by atoms with Crippen LogP contribution in [0.4, 0.5) is 0 Å². The Bertz CT molecular complexity index is 2700. The SMILES string of the molecule is N#Cc1ccc(-c2ccc(-n3c(-c4ccccc4)c(-c4ccc(-c5ccccc5)cc4)c4cc(-c5ccc(-c6ccccc6)cc5)ccc43)cc2)cc1. The maximum atomic E-state index is 9.30. The van der Waals surface area contributed by atoms with Crippen LogP contribution in [0.5, 0.6) is 0 Å². The average molecular weight is 675 g/mol. The molecule has 0 bridgehead atoms. The highest BCUT2D eigenvalue weighted by Crippen LogP contribution is 2.44. The molecule has 0 fully saturated rings. The highest BCUT2D eigenvalue weighted by molar-refractivity contribution is 6.07. The fourth-order valence-corrected chi connectivity index (χ4v) is 7.39. The molecule has 0 amide bonds. The van der Waals surface area contributed by atoms with Gasteiger partial charge in [-0.2, -0.15) is 5.26 Å². The zero-order valence-corrected chi connectivity index (χ0v) is 29.0. The van der Waals surface area contributed by atoms with Gasteiger partial charge in [-0.25, -0.2) is 0 Å². The second kappa shape index (κ2) is 13.8. The topological polar surface area (TPSA) is 28.7 Å². The van der Waals surface area contributed by atoms with Crippen LogP contribution in [-0.4, -0.2) is 4.57 Å². The van der Waals surface area contributed by atoms with Gasteiger partial charge in [0.1, 0.15) is 0 Å². The van der Waals surface area contributed by atoms with Gasteiger partial charge < -0.3 is 4.57 Å². The summed E-state index contributed by atoms with van der Waals surface area (Å²) in [5.74, 6) is 0. The van der Waals surface area contributed by atoms with Crippen molar-refractivity contribution in [1.29, 1.82) is 5.26 Å². The molecule has 2 nitrogen and oxygen atoms in total. The lowest BCUT2D eigenvalue weighted by Crippen LogP contribution is -1.98. The molecule has 0 N–H and O–H groups in total. The van der Waals surface area contributed by atoms with Crippen LogP contribution in [0.2, 0.25) is 0 Å². The van der Waals surface area contributed by atoms with Gasteiger partial charge in [0.15, 0.2) is 0 Å². The Balaban J connectivity index is 1.24. The lowest BCUT2D eigenvalue weighted by atomic mass is 9.94. The first-order chi connectivity index (χ1) is 26.2. The molecular formula is C51H34N2. The van der Waals surface area contributed by atoms with Crippen molar-refractivity contribution in [2.75, 3.05) is 0 Å². The normalized spacial score (nSPS) is 11.0. The number of hydrogen-bond acceptors (Lipinski definition) is 1. The molecule has 0 saturated heterocycles. The number of hydrogen-bond donors (Lipinski definition) is 0. The van der Waals surface area contributed by atoms with Crippen LogP contribution in [-0.2, 0) is 0 Å². The third kappa shape index (κ3) is 6.12. The van der Waals surface area contributed by atoms with Crippen molar-refractivity contribution in [3.8, 4) is 78.6 Å². The molecule has 0 unspecified atom stereocenters. The molecule has 53 heavy (non-hydrogen) atoms. The number of nitrogens with zero attached hydrogens (tertiary/aromatic N) is 2. The van der Waals surface area contributed by atoms with Crippen LogP contribution < -0.4 is 0 Å². The highest BCUT2D eigenvalue weighted by Gasteiger charge is 2.22. The smallest absolute Gasteiger partial charge is 0.0991 e. The van der Waals surface area contributed by atoms with Gasteiger partial charge in [-0.1, -0.05) is 170 Å². The molecule has 0 spiro atoms. The van der Waals surface area contributed by atoms with Crippen LogP contribution >= 0.6 is 0 Å². The monoisotopic (exact) mass is 674 g/mol. The summed E-state index contributed by atoms with van der Waals surface area (Å²) in [6.45, 7) is 0. The molecule has 9 aromatic rings. The van der Waals surface area contributed by atoms with Crippen LogP contribution in [0.1, 0.15) is 5.56 Å². The first kappa shape index (κ1) is 31.7. The molecular weight excluding hydrogens is 641 g/mol. The third-order valence-electron chi connectivity index (χ3n) is 10.1. The van der Waals surface area contributed by atoms with Crippen molar-refractivity contribution in [1.82, 2.24) is 4.57 Å². The number of aromatic nitrogens is 1. The lowest BCUT2D eigenvalue weighted by Gasteiger charge is -2.14. The summed E-state index contributed by atoms with van der Waals surface area (Å²) in [4.78, 5) is 0. The minimum absolute atomic E-state index is 0.660. The van der Waals surface area contributed by atoms with Gasteiger partial charge in [0.05, 0.1) is 22.8 Å². The summed E-state index contributed by atoms with van der Waals surface area (Å²) >= 11 is 0. The quantitative estimate of drug-likeness (QED) is 0.165. The van der Waals surface area contributed by atoms with Gasteiger partial charge in [-0.3, -0.25) is 0 Å². The maximum Gasteiger partial charge on any atom is 0.0991 e. The van der Waals surface area contributed by atoms with Crippen LogP contribution in [0.25, 0.3) is 83.5 Å². The Morgan fingerprint density at radius 2 is 0.717 bits per heavy atom. The van der Waals surface area contributed by atoms with E-state index in [9.17, 15) is 5.26 Å². The molecule has 0 aliphatic carbocycles. The van der Waals surface area contributed by atoms with E-state index in [2.05, 4.69) is 193 Å². The zero-order chi connectivity index (χ0) is 35.6. The third-order valence-corrected chi connectivity index (χ3v) is 10.1. The molecule has 8 aromatic carbocycles. The molecule has 1 heterocycles. The Labute approximate surface area is 310 Å². The molecule has 248 valence electrons. The number of rotatable bonds is 7. The summed E-state index contributed by atoms with van der Waals surface area (Å²) in [5, 5.41) is 10.5. The first-order valence-electron chi connectivity index (χ1n) is 17.9. The van der Waals surface area contributed by atoms with Crippen LogP contribution in [0, 0.1) is 11.3 Å².